The smallest absolute Gasteiger partial charge is 0.292 e. The van der Waals surface area contributed by atoms with Gasteiger partial charge in [0.05, 0.1) is 12.0 Å². The number of nitrogens with zero attached hydrogens (tertiary/aromatic N) is 1. The lowest BCUT2D eigenvalue weighted by molar-refractivity contribution is -0.384. The molecule has 1 aliphatic rings. The average molecular weight is 236 g/mol. The van der Waals surface area contributed by atoms with E-state index in [2.05, 4.69) is 19.2 Å². The first-order valence-corrected chi connectivity index (χ1v) is 5.53. The fourth-order valence-corrected chi connectivity index (χ4v) is 1.82. The van der Waals surface area contributed by atoms with Crippen molar-refractivity contribution in [2.75, 3.05) is 12.4 Å². The number of anilines is 1. The normalized spacial score (nSPS) is 20.8. The number of nitrogens with one attached hydrogen (secondary N) is 1. The summed E-state index contributed by atoms with van der Waals surface area (Å²) in [4.78, 5) is 10.5. The second-order valence-corrected chi connectivity index (χ2v) is 5.03. The second kappa shape index (κ2) is 3.91. The number of nitro benzene ring substituents is 1. The predicted molar refractivity (Wildman–Crippen MR) is 65.5 cm³/mol. The molecule has 0 saturated heterocycles. The topological polar surface area (TPSA) is 64.4 Å². The molecular weight excluding hydrogens is 220 g/mol. The van der Waals surface area contributed by atoms with E-state index in [1.807, 2.05) is 0 Å². The maximum atomic E-state index is 10.9. The van der Waals surface area contributed by atoms with Crippen LogP contribution in [0.25, 0.3) is 0 Å². The number of benzene rings is 1. The molecule has 0 heterocycles. The molecule has 0 bridgehead atoms. The number of nitro groups is 1. The van der Waals surface area contributed by atoms with E-state index in [-0.39, 0.29) is 16.0 Å². The van der Waals surface area contributed by atoms with Gasteiger partial charge >= 0.3 is 0 Å². The molecule has 0 aliphatic heterocycles. The van der Waals surface area contributed by atoms with Crippen molar-refractivity contribution >= 4 is 11.4 Å². The third-order valence-corrected chi connectivity index (χ3v) is 3.24. The number of methoxy groups -OCH3 is 1. The summed E-state index contributed by atoms with van der Waals surface area (Å²) in [6, 6.07) is 5.04. The van der Waals surface area contributed by atoms with Gasteiger partial charge in [-0.1, -0.05) is 13.8 Å². The summed E-state index contributed by atoms with van der Waals surface area (Å²) < 4.78 is 5.08. The zero-order chi connectivity index (χ0) is 12.6. The number of rotatable bonds is 4. The van der Waals surface area contributed by atoms with Gasteiger partial charge in [0.25, 0.3) is 5.69 Å². The van der Waals surface area contributed by atoms with Crippen LogP contribution < -0.4 is 10.1 Å². The lowest BCUT2D eigenvalue weighted by atomic mass is 10.2. The molecule has 1 aliphatic carbocycles. The van der Waals surface area contributed by atoms with E-state index in [0.717, 1.165) is 6.42 Å². The highest BCUT2D eigenvalue weighted by molar-refractivity contribution is 5.65. The highest BCUT2D eigenvalue weighted by Gasteiger charge is 2.46. The van der Waals surface area contributed by atoms with Crippen LogP contribution in [0, 0.1) is 15.5 Å². The monoisotopic (exact) mass is 236 g/mol. The molecule has 0 aromatic heterocycles. The Morgan fingerprint density at radius 3 is 2.65 bits per heavy atom. The molecule has 0 spiro atoms. The number of hydrogen-bond acceptors (Lipinski definition) is 4. The summed E-state index contributed by atoms with van der Waals surface area (Å²) in [5.74, 6) is 0.622. The van der Waals surface area contributed by atoms with E-state index in [0.29, 0.717) is 17.5 Å². The molecule has 0 amide bonds. The van der Waals surface area contributed by atoms with Crippen LogP contribution in [0.5, 0.6) is 5.75 Å². The summed E-state index contributed by atoms with van der Waals surface area (Å²) in [5, 5.41) is 14.1. The minimum absolute atomic E-state index is 0.0912. The highest BCUT2D eigenvalue weighted by atomic mass is 16.6. The lowest BCUT2D eigenvalue weighted by Crippen LogP contribution is -2.10. The van der Waals surface area contributed by atoms with Crippen LogP contribution in [0.2, 0.25) is 0 Å². The van der Waals surface area contributed by atoms with Gasteiger partial charge in [0.15, 0.2) is 0 Å². The van der Waals surface area contributed by atoms with Crippen molar-refractivity contribution in [2.45, 2.75) is 26.3 Å². The second-order valence-electron chi connectivity index (χ2n) is 5.03. The molecule has 5 nitrogen and oxygen atoms in total. The first kappa shape index (κ1) is 11.7. The van der Waals surface area contributed by atoms with Crippen molar-refractivity contribution in [2.24, 2.45) is 5.41 Å². The van der Waals surface area contributed by atoms with Crippen molar-refractivity contribution < 1.29 is 9.66 Å². The molecule has 1 saturated carbocycles. The number of ether oxygens (including phenoxy) is 1. The van der Waals surface area contributed by atoms with Gasteiger partial charge in [-0.2, -0.15) is 0 Å². The van der Waals surface area contributed by atoms with Gasteiger partial charge in [0.1, 0.15) is 11.4 Å². The van der Waals surface area contributed by atoms with E-state index in [9.17, 15) is 10.1 Å². The van der Waals surface area contributed by atoms with Gasteiger partial charge in [-0.15, -0.1) is 0 Å². The first-order valence-electron chi connectivity index (χ1n) is 5.53. The maximum absolute atomic E-state index is 10.9. The average Bonchev–Trinajstić information content (AvgIpc) is 2.85. The highest BCUT2D eigenvalue weighted by Crippen LogP contribution is 2.47. The largest absolute Gasteiger partial charge is 0.497 e. The van der Waals surface area contributed by atoms with Crippen molar-refractivity contribution in [3.8, 4) is 5.75 Å². The van der Waals surface area contributed by atoms with Crippen LogP contribution in [0.1, 0.15) is 20.3 Å². The van der Waals surface area contributed by atoms with Crippen molar-refractivity contribution in [3.05, 3.63) is 28.3 Å². The Morgan fingerprint density at radius 2 is 2.18 bits per heavy atom. The van der Waals surface area contributed by atoms with Crippen LogP contribution >= 0.6 is 0 Å². The Kier molecular flexibility index (Phi) is 2.69. The molecule has 1 fully saturated rings. The van der Waals surface area contributed by atoms with E-state index in [1.165, 1.54) is 6.07 Å². The van der Waals surface area contributed by atoms with Crippen LogP contribution in [0.3, 0.4) is 0 Å². The van der Waals surface area contributed by atoms with Crippen LogP contribution in [-0.4, -0.2) is 18.1 Å². The Bertz CT molecular complexity index is 457. The molecule has 0 radical (unpaired) electrons. The molecule has 1 unspecified atom stereocenters. The SMILES string of the molecule is COc1ccc([N+](=O)[O-])c(NC2CC2(C)C)c1. The van der Waals surface area contributed by atoms with Gasteiger partial charge in [-0.3, -0.25) is 10.1 Å². The van der Waals surface area contributed by atoms with E-state index in [4.69, 9.17) is 4.74 Å². The minimum Gasteiger partial charge on any atom is -0.497 e. The Hall–Kier alpha value is -1.78. The summed E-state index contributed by atoms with van der Waals surface area (Å²) in [5.41, 5.74) is 0.843. The predicted octanol–water partition coefficient (Wildman–Crippen LogP) is 2.81. The van der Waals surface area contributed by atoms with Crippen molar-refractivity contribution in [3.63, 3.8) is 0 Å². The molecule has 17 heavy (non-hydrogen) atoms. The fourth-order valence-electron chi connectivity index (χ4n) is 1.82. The molecule has 5 heteroatoms. The van der Waals surface area contributed by atoms with Gasteiger partial charge < -0.3 is 10.1 Å². The molecular formula is C12H16N2O3. The third kappa shape index (κ3) is 2.33. The van der Waals surface area contributed by atoms with Crippen LogP contribution in [0.4, 0.5) is 11.4 Å². The number of hydrogen-bond donors (Lipinski definition) is 1. The summed E-state index contributed by atoms with van der Waals surface area (Å²) in [6.07, 6.45) is 1.03. The lowest BCUT2D eigenvalue weighted by Gasteiger charge is -2.10. The standard InChI is InChI=1S/C12H16N2O3/c1-12(2)7-11(12)13-9-6-8(17-3)4-5-10(9)14(15)16/h4-6,11,13H,7H2,1-3H3. The maximum Gasteiger partial charge on any atom is 0.292 e. The van der Waals surface area contributed by atoms with E-state index < -0.39 is 0 Å². The summed E-state index contributed by atoms with van der Waals surface area (Å²) >= 11 is 0. The molecule has 1 N–H and O–H groups in total. The zero-order valence-corrected chi connectivity index (χ0v) is 10.2. The molecule has 1 aromatic carbocycles. The summed E-state index contributed by atoms with van der Waals surface area (Å²) in [6.45, 7) is 4.27. The fraction of sp³-hybridized carbons (Fsp3) is 0.500. The van der Waals surface area contributed by atoms with E-state index >= 15 is 0 Å². The quantitative estimate of drug-likeness (QED) is 0.645. The molecule has 1 aromatic rings. The van der Waals surface area contributed by atoms with Crippen LogP contribution in [0.15, 0.2) is 18.2 Å². The van der Waals surface area contributed by atoms with E-state index in [1.54, 1.807) is 19.2 Å². The van der Waals surface area contributed by atoms with Crippen molar-refractivity contribution in [1.29, 1.82) is 0 Å². The van der Waals surface area contributed by atoms with Gasteiger partial charge in [0.2, 0.25) is 0 Å². The van der Waals surface area contributed by atoms with Gasteiger partial charge in [0, 0.05) is 18.2 Å². The van der Waals surface area contributed by atoms with Gasteiger partial charge in [-0.25, -0.2) is 0 Å². The van der Waals surface area contributed by atoms with Crippen molar-refractivity contribution in [1.82, 2.24) is 0 Å². The minimum atomic E-state index is -0.378. The molecule has 92 valence electrons. The van der Waals surface area contributed by atoms with Gasteiger partial charge in [-0.05, 0) is 17.9 Å². The molecule has 1 atom stereocenters. The molecule has 2 rings (SSSR count). The summed E-state index contributed by atoms with van der Waals surface area (Å²) in [7, 11) is 1.55. The Morgan fingerprint density at radius 1 is 1.53 bits per heavy atom. The Labute approximate surface area is 99.9 Å². The zero-order valence-electron chi connectivity index (χ0n) is 10.2. The Balaban J connectivity index is 2.26. The first-order chi connectivity index (χ1) is 7.94. The van der Waals surface area contributed by atoms with Crippen LogP contribution in [-0.2, 0) is 0 Å². The third-order valence-electron chi connectivity index (χ3n) is 3.24.